The lowest BCUT2D eigenvalue weighted by atomic mass is 10.1. The lowest BCUT2D eigenvalue weighted by molar-refractivity contribution is 0.570. The molecular formula is C18H11FN4O2S. The maximum absolute atomic E-state index is 14.3. The van der Waals surface area contributed by atoms with Crippen LogP contribution in [-0.2, 0) is 6.42 Å². The van der Waals surface area contributed by atoms with Crippen molar-refractivity contribution in [1.82, 2.24) is 14.4 Å². The third-order valence-electron chi connectivity index (χ3n) is 3.95. The van der Waals surface area contributed by atoms with E-state index >= 15 is 0 Å². The zero-order valence-electron chi connectivity index (χ0n) is 13.6. The maximum atomic E-state index is 14.3. The van der Waals surface area contributed by atoms with Crippen molar-refractivity contribution in [1.29, 1.82) is 5.26 Å². The Morgan fingerprint density at radius 2 is 2.27 bits per heavy atom. The molecule has 26 heavy (non-hydrogen) atoms. The van der Waals surface area contributed by atoms with Crippen LogP contribution in [0.4, 0.5) is 4.39 Å². The fourth-order valence-electron chi connectivity index (χ4n) is 2.80. The van der Waals surface area contributed by atoms with Crippen molar-refractivity contribution in [2.75, 3.05) is 0 Å². The van der Waals surface area contributed by atoms with Gasteiger partial charge in [-0.3, -0.25) is 4.79 Å². The van der Waals surface area contributed by atoms with Crippen molar-refractivity contribution >= 4 is 16.3 Å². The van der Waals surface area contributed by atoms with Gasteiger partial charge in [-0.25, -0.2) is 18.8 Å². The average molecular weight is 366 g/mol. The Hall–Kier alpha value is -3.31. The Morgan fingerprint density at radius 3 is 3.00 bits per heavy atom. The predicted molar refractivity (Wildman–Crippen MR) is 93.5 cm³/mol. The molecule has 0 aliphatic carbocycles. The molecule has 128 valence electrons. The van der Waals surface area contributed by atoms with Gasteiger partial charge in [-0.2, -0.15) is 5.26 Å². The Labute approximate surface area is 150 Å². The van der Waals surface area contributed by atoms with Gasteiger partial charge in [0, 0.05) is 17.4 Å². The number of hydrogen-bond acceptors (Lipinski definition) is 6. The van der Waals surface area contributed by atoms with Gasteiger partial charge in [0.1, 0.15) is 23.8 Å². The van der Waals surface area contributed by atoms with Gasteiger partial charge in [-0.05, 0) is 18.6 Å². The van der Waals surface area contributed by atoms with Crippen molar-refractivity contribution in [3.05, 3.63) is 74.6 Å². The molecule has 4 aromatic rings. The van der Waals surface area contributed by atoms with E-state index in [1.54, 1.807) is 12.1 Å². The predicted octanol–water partition coefficient (Wildman–Crippen LogP) is 3.32. The first-order valence-corrected chi connectivity index (χ1v) is 8.49. The summed E-state index contributed by atoms with van der Waals surface area (Å²) in [7, 11) is 0. The highest BCUT2D eigenvalue weighted by atomic mass is 32.1. The van der Waals surface area contributed by atoms with E-state index in [-0.39, 0.29) is 17.5 Å². The number of aryl methyl sites for hydroxylation is 1. The topological polar surface area (TPSA) is 84.2 Å². The molecule has 0 spiro atoms. The third kappa shape index (κ3) is 2.59. The van der Waals surface area contributed by atoms with Crippen molar-refractivity contribution < 1.29 is 8.81 Å². The van der Waals surface area contributed by atoms with Crippen molar-refractivity contribution in [2.45, 2.75) is 13.3 Å². The zero-order valence-corrected chi connectivity index (χ0v) is 14.4. The van der Waals surface area contributed by atoms with Gasteiger partial charge in [0.2, 0.25) is 5.89 Å². The van der Waals surface area contributed by atoms with Crippen molar-refractivity contribution in [3.8, 4) is 17.7 Å². The summed E-state index contributed by atoms with van der Waals surface area (Å²) in [4.78, 5) is 22.5. The molecular weight excluding hydrogens is 355 g/mol. The molecule has 0 radical (unpaired) electrons. The molecule has 0 N–H and O–H groups in total. The van der Waals surface area contributed by atoms with E-state index < -0.39 is 5.82 Å². The van der Waals surface area contributed by atoms with Crippen LogP contribution in [0, 0.1) is 24.1 Å². The van der Waals surface area contributed by atoms with Crippen molar-refractivity contribution in [3.63, 3.8) is 0 Å². The van der Waals surface area contributed by atoms with E-state index in [0.29, 0.717) is 27.8 Å². The minimum Gasteiger partial charge on any atom is -0.443 e. The molecule has 6 nitrogen and oxygen atoms in total. The van der Waals surface area contributed by atoms with Gasteiger partial charge in [0.25, 0.3) is 5.56 Å². The van der Waals surface area contributed by atoms with Gasteiger partial charge in [-0.15, -0.1) is 11.3 Å². The first-order valence-electron chi connectivity index (χ1n) is 7.68. The molecule has 8 heteroatoms. The zero-order chi connectivity index (χ0) is 18.3. The monoisotopic (exact) mass is 366 g/mol. The standard InChI is InChI=1S/C18H11FN4O2S/c1-10-16(17-21-5-6-25-17)23-14(24)8-13(22-18(23)26-10)7-11-3-2-4-12(9-20)15(11)19/h2-6,8H,7H2,1H3. The van der Waals surface area contributed by atoms with Gasteiger partial charge in [-0.1, -0.05) is 12.1 Å². The number of hydrogen-bond donors (Lipinski definition) is 0. The number of oxazole rings is 1. The summed E-state index contributed by atoms with van der Waals surface area (Å²) in [6.07, 6.45) is 3.07. The summed E-state index contributed by atoms with van der Waals surface area (Å²) >= 11 is 1.33. The van der Waals surface area contributed by atoms with Gasteiger partial charge < -0.3 is 4.42 Å². The summed E-state index contributed by atoms with van der Waals surface area (Å²) in [5, 5.41) is 8.95. The second-order valence-electron chi connectivity index (χ2n) is 5.62. The minimum atomic E-state index is -0.583. The van der Waals surface area contributed by atoms with E-state index in [4.69, 9.17) is 9.68 Å². The van der Waals surface area contributed by atoms with E-state index in [9.17, 15) is 9.18 Å². The van der Waals surface area contributed by atoms with Gasteiger partial charge in [0.15, 0.2) is 4.96 Å². The highest BCUT2D eigenvalue weighted by molar-refractivity contribution is 7.17. The lowest BCUT2D eigenvalue weighted by Gasteiger charge is -2.05. The summed E-state index contributed by atoms with van der Waals surface area (Å²) in [5.74, 6) is -0.238. The van der Waals surface area contributed by atoms with E-state index in [1.165, 1.54) is 40.3 Å². The molecule has 0 saturated heterocycles. The Balaban J connectivity index is 1.83. The van der Waals surface area contributed by atoms with Crippen LogP contribution in [-0.4, -0.2) is 14.4 Å². The fourth-order valence-corrected chi connectivity index (χ4v) is 3.78. The van der Waals surface area contributed by atoms with Crippen LogP contribution in [0.15, 0.2) is 45.9 Å². The van der Waals surface area contributed by atoms with Gasteiger partial charge >= 0.3 is 0 Å². The number of fused-ring (bicyclic) bond motifs is 1. The molecule has 3 heterocycles. The normalized spacial score (nSPS) is 11.0. The molecule has 1 aromatic carbocycles. The van der Waals surface area contributed by atoms with E-state index in [2.05, 4.69) is 9.97 Å². The number of nitriles is 1. The minimum absolute atomic E-state index is 0.0292. The molecule has 0 fully saturated rings. The second-order valence-corrected chi connectivity index (χ2v) is 6.80. The first-order chi connectivity index (χ1) is 12.6. The second kappa shape index (κ2) is 6.20. The van der Waals surface area contributed by atoms with Crippen LogP contribution < -0.4 is 5.56 Å². The Kier molecular flexibility index (Phi) is 3.86. The third-order valence-corrected chi connectivity index (χ3v) is 4.90. The number of nitrogens with zero attached hydrogens (tertiary/aromatic N) is 4. The van der Waals surface area contributed by atoms with Crippen LogP contribution in [0.2, 0.25) is 0 Å². The van der Waals surface area contributed by atoms with Crippen LogP contribution in [0.3, 0.4) is 0 Å². The molecule has 4 rings (SSSR count). The molecule has 3 aromatic heterocycles. The van der Waals surface area contributed by atoms with Gasteiger partial charge in [0.05, 0.1) is 17.5 Å². The SMILES string of the molecule is Cc1sc2nc(Cc3cccc(C#N)c3F)cc(=O)n2c1-c1ncco1. The highest BCUT2D eigenvalue weighted by Crippen LogP contribution is 2.28. The number of rotatable bonds is 3. The number of benzene rings is 1. The van der Waals surface area contributed by atoms with E-state index in [1.807, 2.05) is 13.0 Å². The van der Waals surface area contributed by atoms with Crippen LogP contribution >= 0.6 is 11.3 Å². The molecule has 0 saturated carbocycles. The largest absolute Gasteiger partial charge is 0.443 e. The molecule has 0 atom stereocenters. The molecule has 0 unspecified atom stereocenters. The lowest BCUT2D eigenvalue weighted by Crippen LogP contribution is -2.15. The number of halogens is 1. The summed E-state index contributed by atoms with van der Waals surface area (Å²) in [5.41, 5.74) is 1.00. The van der Waals surface area contributed by atoms with E-state index in [0.717, 1.165) is 4.88 Å². The smallest absolute Gasteiger partial charge is 0.259 e. The summed E-state index contributed by atoms with van der Waals surface area (Å²) in [6, 6.07) is 7.78. The summed E-state index contributed by atoms with van der Waals surface area (Å²) in [6.45, 7) is 1.86. The van der Waals surface area contributed by atoms with Crippen LogP contribution in [0.1, 0.15) is 21.7 Å². The average Bonchev–Trinajstić information content (AvgIpc) is 3.23. The molecule has 0 bridgehead atoms. The molecule has 0 amide bonds. The highest BCUT2D eigenvalue weighted by Gasteiger charge is 2.18. The Bertz CT molecular complexity index is 1220. The Morgan fingerprint density at radius 1 is 1.42 bits per heavy atom. The quantitative estimate of drug-likeness (QED) is 0.555. The molecule has 0 aliphatic heterocycles. The summed E-state index contributed by atoms with van der Waals surface area (Å²) < 4.78 is 21.0. The fraction of sp³-hybridized carbons (Fsp3) is 0.111. The number of aromatic nitrogens is 3. The van der Waals surface area contributed by atoms with Crippen LogP contribution in [0.5, 0.6) is 0 Å². The molecule has 0 aliphatic rings. The first kappa shape index (κ1) is 16.2. The van der Waals surface area contributed by atoms with Crippen molar-refractivity contribution in [2.24, 2.45) is 0 Å². The van der Waals surface area contributed by atoms with Crippen LogP contribution in [0.25, 0.3) is 16.5 Å². The number of thiazole rings is 1. The maximum Gasteiger partial charge on any atom is 0.259 e.